The molecule has 2 aliphatic heterocycles. The number of nitrogens with one attached hydrogen (secondary N) is 2. The zero-order valence-corrected chi connectivity index (χ0v) is 16.2. The number of aromatic amines is 1. The Balaban J connectivity index is 1.43. The molecule has 28 heavy (non-hydrogen) atoms. The van der Waals surface area contributed by atoms with E-state index in [0.717, 1.165) is 25.9 Å². The van der Waals surface area contributed by atoms with Gasteiger partial charge in [0.15, 0.2) is 0 Å². The molecule has 3 heterocycles. The van der Waals surface area contributed by atoms with Crippen LogP contribution in [0.15, 0.2) is 29.1 Å². The SMILES string of the molecule is CN[C@@H]1CCCN(C(=O)[C@H]2CN(Cc3nc4ccccc4c(=O)[nH]3)CCO2)C1. The minimum atomic E-state index is -0.462. The number of aromatic nitrogens is 2. The molecule has 2 saturated heterocycles. The van der Waals surface area contributed by atoms with Crippen molar-refractivity contribution in [2.45, 2.75) is 31.5 Å². The molecule has 1 amide bonds. The van der Waals surface area contributed by atoms with Crippen LogP contribution in [0.3, 0.4) is 0 Å². The number of piperidine rings is 1. The summed E-state index contributed by atoms with van der Waals surface area (Å²) < 4.78 is 5.78. The number of amides is 1. The summed E-state index contributed by atoms with van der Waals surface area (Å²) in [6.07, 6.45) is 1.64. The van der Waals surface area contributed by atoms with Crippen LogP contribution in [0.25, 0.3) is 10.9 Å². The average Bonchev–Trinajstić information content (AvgIpc) is 2.73. The van der Waals surface area contributed by atoms with E-state index in [0.29, 0.717) is 49.0 Å². The summed E-state index contributed by atoms with van der Waals surface area (Å²) in [5, 5.41) is 3.85. The predicted octanol–water partition coefficient (Wildman–Crippen LogP) is 0.334. The largest absolute Gasteiger partial charge is 0.366 e. The Bertz CT molecular complexity index is 899. The molecule has 1 aromatic carbocycles. The van der Waals surface area contributed by atoms with Gasteiger partial charge in [0, 0.05) is 32.2 Å². The number of para-hydroxylation sites is 1. The zero-order chi connectivity index (χ0) is 19.5. The highest BCUT2D eigenvalue weighted by Crippen LogP contribution is 2.16. The third kappa shape index (κ3) is 4.09. The van der Waals surface area contributed by atoms with Crippen molar-refractivity contribution in [3.05, 3.63) is 40.4 Å². The number of nitrogens with zero attached hydrogens (tertiary/aromatic N) is 3. The quantitative estimate of drug-likeness (QED) is 0.789. The third-order valence-corrected chi connectivity index (χ3v) is 5.60. The lowest BCUT2D eigenvalue weighted by Gasteiger charge is -2.38. The number of carbonyl (C=O) groups excluding carboxylic acids is 1. The lowest BCUT2D eigenvalue weighted by Crippen LogP contribution is -2.54. The van der Waals surface area contributed by atoms with E-state index in [1.54, 1.807) is 6.07 Å². The van der Waals surface area contributed by atoms with Gasteiger partial charge in [-0.05, 0) is 32.0 Å². The second kappa shape index (κ2) is 8.38. The number of likely N-dealkylation sites (N-methyl/N-ethyl adjacent to an activating group) is 1. The van der Waals surface area contributed by atoms with E-state index in [1.807, 2.05) is 30.1 Å². The molecule has 150 valence electrons. The molecule has 0 spiro atoms. The van der Waals surface area contributed by atoms with Crippen LogP contribution in [0.1, 0.15) is 18.7 Å². The highest BCUT2D eigenvalue weighted by Gasteiger charge is 2.32. The molecule has 2 aliphatic rings. The van der Waals surface area contributed by atoms with Gasteiger partial charge in [-0.1, -0.05) is 12.1 Å². The Kier molecular flexibility index (Phi) is 5.70. The lowest BCUT2D eigenvalue weighted by molar-refractivity contribution is -0.151. The van der Waals surface area contributed by atoms with Gasteiger partial charge in [-0.3, -0.25) is 14.5 Å². The maximum absolute atomic E-state index is 12.9. The summed E-state index contributed by atoms with van der Waals surface area (Å²) in [5.41, 5.74) is 0.557. The Morgan fingerprint density at radius 1 is 1.32 bits per heavy atom. The molecule has 8 nitrogen and oxygen atoms in total. The average molecular weight is 385 g/mol. The van der Waals surface area contributed by atoms with Crippen molar-refractivity contribution in [3.63, 3.8) is 0 Å². The first-order valence-corrected chi connectivity index (χ1v) is 9.92. The normalized spacial score (nSPS) is 23.8. The van der Waals surface area contributed by atoms with E-state index in [-0.39, 0.29) is 11.5 Å². The first kappa shape index (κ1) is 19.0. The molecule has 0 radical (unpaired) electrons. The standard InChI is InChI=1S/C20H27N5O3/c1-21-14-5-4-8-25(11-14)20(27)17-12-24(9-10-28-17)13-18-22-16-7-3-2-6-15(16)19(26)23-18/h2-3,6-7,14,17,21H,4-5,8-13H2,1H3,(H,22,23,26)/t14-,17-/m1/s1. The van der Waals surface area contributed by atoms with Crippen LogP contribution in [0.2, 0.25) is 0 Å². The molecule has 0 unspecified atom stereocenters. The molecule has 0 bridgehead atoms. The molecule has 4 rings (SSSR count). The fourth-order valence-corrected chi connectivity index (χ4v) is 4.03. The zero-order valence-electron chi connectivity index (χ0n) is 16.2. The lowest BCUT2D eigenvalue weighted by atomic mass is 10.0. The molecule has 2 atom stereocenters. The van der Waals surface area contributed by atoms with Crippen LogP contribution >= 0.6 is 0 Å². The van der Waals surface area contributed by atoms with E-state index in [9.17, 15) is 9.59 Å². The maximum atomic E-state index is 12.9. The minimum absolute atomic E-state index is 0.0598. The molecule has 0 aliphatic carbocycles. The van der Waals surface area contributed by atoms with E-state index < -0.39 is 6.10 Å². The van der Waals surface area contributed by atoms with Gasteiger partial charge >= 0.3 is 0 Å². The number of rotatable bonds is 4. The summed E-state index contributed by atoms with van der Waals surface area (Å²) in [7, 11) is 1.94. The van der Waals surface area contributed by atoms with Crippen molar-refractivity contribution >= 4 is 16.8 Å². The van der Waals surface area contributed by atoms with Gasteiger partial charge in [0.25, 0.3) is 11.5 Å². The van der Waals surface area contributed by atoms with Crippen LogP contribution in [0.4, 0.5) is 0 Å². The van der Waals surface area contributed by atoms with Crippen LogP contribution in [0.5, 0.6) is 0 Å². The smallest absolute Gasteiger partial charge is 0.258 e. The molecule has 8 heteroatoms. The molecule has 2 aromatic rings. The number of hydrogen-bond donors (Lipinski definition) is 2. The minimum Gasteiger partial charge on any atom is -0.366 e. The Morgan fingerprint density at radius 3 is 3.04 bits per heavy atom. The highest BCUT2D eigenvalue weighted by molar-refractivity contribution is 5.81. The third-order valence-electron chi connectivity index (χ3n) is 5.60. The van der Waals surface area contributed by atoms with Crippen molar-refractivity contribution in [1.29, 1.82) is 0 Å². The summed E-state index contributed by atoms with van der Waals surface area (Å²) in [6, 6.07) is 7.67. The number of ether oxygens (including phenoxy) is 1. The fraction of sp³-hybridized carbons (Fsp3) is 0.550. The van der Waals surface area contributed by atoms with Crippen molar-refractivity contribution < 1.29 is 9.53 Å². The summed E-state index contributed by atoms with van der Waals surface area (Å²) in [5.74, 6) is 0.676. The van der Waals surface area contributed by atoms with Crippen LogP contribution in [-0.4, -0.2) is 77.7 Å². The molecule has 1 aromatic heterocycles. The Hall–Kier alpha value is -2.29. The Morgan fingerprint density at radius 2 is 2.18 bits per heavy atom. The number of hydrogen-bond acceptors (Lipinski definition) is 6. The van der Waals surface area contributed by atoms with Gasteiger partial charge in [-0.2, -0.15) is 0 Å². The highest BCUT2D eigenvalue weighted by atomic mass is 16.5. The van der Waals surface area contributed by atoms with Crippen LogP contribution in [-0.2, 0) is 16.1 Å². The number of benzene rings is 1. The van der Waals surface area contributed by atoms with Crippen molar-refractivity contribution in [3.8, 4) is 0 Å². The summed E-state index contributed by atoms with van der Waals surface area (Å²) >= 11 is 0. The number of morpholine rings is 1. The molecule has 0 saturated carbocycles. The monoisotopic (exact) mass is 385 g/mol. The van der Waals surface area contributed by atoms with Crippen LogP contribution in [0, 0.1) is 0 Å². The molecular formula is C20H27N5O3. The molecule has 2 fully saturated rings. The predicted molar refractivity (Wildman–Crippen MR) is 106 cm³/mol. The van der Waals surface area contributed by atoms with Gasteiger partial charge in [0.1, 0.15) is 11.9 Å². The Labute approximate surface area is 163 Å². The molecular weight excluding hydrogens is 358 g/mol. The second-order valence-electron chi connectivity index (χ2n) is 7.54. The molecule has 2 N–H and O–H groups in total. The van der Waals surface area contributed by atoms with E-state index in [4.69, 9.17) is 4.74 Å². The topological polar surface area (TPSA) is 90.6 Å². The van der Waals surface area contributed by atoms with E-state index in [1.165, 1.54) is 0 Å². The van der Waals surface area contributed by atoms with Crippen LogP contribution < -0.4 is 10.9 Å². The van der Waals surface area contributed by atoms with Gasteiger partial charge in [0.2, 0.25) is 0 Å². The fourth-order valence-electron chi connectivity index (χ4n) is 4.03. The van der Waals surface area contributed by atoms with Gasteiger partial charge in [0.05, 0.1) is 24.1 Å². The van der Waals surface area contributed by atoms with Gasteiger partial charge < -0.3 is 19.9 Å². The van der Waals surface area contributed by atoms with Gasteiger partial charge in [-0.25, -0.2) is 4.98 Å². The van der Waals surface area contributed by atoms with Crippen molar-refractivity contribution in [2.75, 3.05) is 39.8 Å². The summed E-state index contributed by atoms with van der Waals surface area (Å²) in [6.45, 7) is 3.73. The number of H-pyrrole nitrogens is 1. The van der Waals surface area contributed by atoms with E-state index >= 15 is 0 Å². The second-order valence-corrected chi connectivity index (χ2v) is 7.54. The van der Waals surface area contributed by atoms with Crippen molar-refractivity contribution in [1.82, 2.24) is 25.1 Å². The van der Waals surface area contributed by atoms with E-state index in [2.05, 4.69) is 20.2 Å². The number of fused-ring (bicyclic) bond motifs is 1. The maximum Gasteiger partial charge on any atom is 0.258 e. The van der Waals surface area contributed by atoms with Gasteiger partial charge in [-0.15, -0.1) is 0 Å². The first-order valence-electron chi connectivity index (χ1n) is 9.92. The number of carbonyl (C=O) groups is 1. The summed E-state index contributed by atoms with van der Waals surface area (Å²) in [4.78, 5) is 36.7. The van der Waals surface area contributed by atoms with Crippen molar-refractivity contribution in [2.24, 2.45) is 0 Å². The first-order chi connectivity index (χ1) is 13.6. The number of likely N-dealkylation sites (tertiary alicyclic amines) is 1.